The molecule has 0 spiro atoms. The molecule has 6 nitrogen and oxygen atoms in total. The van der Waals surface area contributed by atoms with Crippen LogP contribution in [0.5, 0.6) is 5.75 Å². The van der Waals surface area contributed by atoms with E-state index in [1.165, 1.54) is 5.06 Å². The van der Waals surface area contributed by atoms with Crippen molar-refractivity contribution in [3.05, 3.63) is 24.3 Å². The minimum absolute atomic E-state index is 0.0661. The van der Waals surface area contributed by atoms with Crippen LogP contribution in [-0.4, -0.2) is 56.3 Å². The molecule has 1 aromatic carbocycles. The molecule has 0 amide bonds. The fourth-order valence-electron chi connectivity index (χ4n) is 3.04. The van der Waals surface area contributed by atoms with Crippen molar-refractivity contribution in [2.24, 2.45) is 0 Å². The summed E-state index contributed by atoms with van der Waals surface area (Å²) in [7, 11) is -3.29. The average molecular weight is 341 g/mol. The van der Waals surface area contributed by atoms with Crippen LogP contribution in [0.2, 0.25) is 0 Å². The zero-order chi connectivity index (χ0) is 16.3. The molecule has 3 rings (SSSR count). The number of benzene rings is 1. The molecule has 128 valence electrons. The van der Waals surface area contributed by atoms with Gasteiger partial charge in [0.05, 0.1) is 10.1 Å². The first-order valence-electron chi connectivity index (χ1n) is 8.08. The van der Waals surface area contributed by atoms with Crippen molar-refractivity contribution in [2.45, 2.75) is 41.9 Å². The van der Waals surface area contributed by atoms with Crippen LogP contribution in [-0.2, 0) is 14.6 Å². The van der Waals surface area contributed by atoms with E-state index in [-0.39, 0.29) is 11.4 Å². The van der Waals surface area contributed by atoms with Crippen molar-refractivity contribution in [2.75, 3.05) is 26.3 Å². The zero-order valence-corrected chi connectivity index (χ0v) is 13.9. The van der Waals surface area contributed by atoms with Crippen LogP contribution in [0.3, 0.4) is 0 Å². The molecule has 0 saturated carbocycles. The van der Waals surface area contributed by atoms with Gasteiger partial charge in [0.2, 0.25) is 0 Å². The molecule has 0 radical (unpaired) electrons. The molecule has 0 atom stereocenters. The highest BCUT2D eigenvalue weighted by atomic mass is 32.2. The van der Waals surface area contributed by atoms with Gasteiger partial charge >= 0.3 is 0 Å². The summed E-state index contributed by atoms with van der Waals surface area (Å²) in [6.45, 7) is 2.21. The van der Waals surface area contributed by atoms with Gasteiger partial charge in [0.15, 0.2) is 9.84 Å². The van der Waals surface area contributed by atoms with Gasteiger partial charge in [-0.1, -0.05) is 0 Å². The van der Waals surface area contributed by atoms with Crippen molar-refractivity contribution in [1.29, 1.82) is 0 Å². The average Bonchev–Trinajstić information content (AvgIpc) is 2.58. The lowest BCUT2D eigenvalue weighted by Crippen LogP contribution is -2.36. The molecule has 23 heavy (non-hydrogen) atoms. The Morgan fingerprint density at radius 2 is 1.65 bits per heavy atom. The molecular weight excluding hydrogens is 318 g/mol. The number of rotatable bonds is 4. The molecule has 0 aromatic heterocycles. The smallest absolute Gasteiger partial charge is 0.181 e. The monoisotopic (exact) mass is 341 g/mol. The van der Waals surface area contributed by atoms with Crippen molar-refractivity contribution in [1.82, 2.24) is 5.06 Å². The second-order valence-corrected chi connectivity index (χ2v) is 8.33. The maximum atomic E-state index is 12.6. The maximum absolute atomic E-state index is 12.6. The van der Waals surface area contributed by atoms with Crippen LogP contribution >= 0.6 is 0 Å². The number of nitrogens with zero attached hydrogens (tertiary/aromatic N) is 1. The summed E-state index contributed by atoms with van der Waals surface area (Å²) in [5, 5.41) is 10.3. The second kappa shape index (κ2) is 7.17. The Labute approximate surface area is 136 Å². The first kappa shape index (κ1) is 16.7. The third-order valence-corrected chi connectivity index (χ3v) is 6.76. The van der Waals surface area contributed by atoms with Gasteiger partial charge in [-0.25, -0.2) is 8.42 Å². The van der Waals surface area contributed by atoms with E-state index in [9.17, 15) is 13.6 Å². The van der Waals surface area contributed by atoms with Crippen LogP contribution in [0, 0.1) is 0 Å². The fraction of sp³-hybridized carbons (Fsp3) is 0.625. The molecule has 2 aliphatic rings. The number of hydrogen-bond donors (Lipinski definition) is 1. The highest BCUT2D eigenvalue weighted by Gasteiger charge is 2.29. The summed E-state index contributed by atoms with van der Waals surface area (Å²) in [5.74, 6) is 0.673. The summed E-state index contributed by atoms with van der Waals surface area (Å²) in [6, 6.07) is 6.69. The number of sulfone groups is 1. The van der Waals surface area contributed by atoms with Crippen molar-refractivity contribution >= 4 is 9.84 Å². The predicted molar refractivity (Wildman–Crippen MR) is 84.5 cm³/mol. The lowest BCUT2D eigenvalue weighted by Gasteiger charge is -2.28. The summed E-state index contributed by atoms with van der Waals surface area (Å²) in [4.78, 5) is 0.349. The Morgan fingerprint density at radius 3 is 2.26 bits per heavy atom. The fourth-order valence-corrected chi connectivity index (χ4v) is 4.75. The molecular formula is C16H23NO5S. The van der Waals surface area contributed by atoms with E-state index in [0.29, 0.717) is 49.8 Å². The molecule has 1 N–H and O–H groups in total. The maximum Gasteiger partial charge on any atom is 0.181 e. The SMILES string of the molecule is O=S(=O)(c1ccc(OC2CCN(O)CC2)cc1)C1CCOCC1. The number of hydroxylamine groups is 2. The van der Waals surface area contributed by atoms with Gasteiger partial charge < -0.3 is 14.7 Å². The van der Waals surface area contributed by atoms with Crippen molar-refractivity contribution in [3.8, 4) is 5.75 Å². The number of piperidine rings is 1. The summed E-state index contributed by atoms with van der Waals surface area (Å²) in [6.07, 6.45) is 2.70. The lowest BCUT2D eigenvalue weighted by molar-refractivity contribution is -0.118. The molecule has 0 aliphatic carbocycles. The van der Waals surface area contributed by atoms with Crippen molar-refractivity contribution in [3.63, 3.8) is 0 Å². The van der Waals surface area contributed by atoms with E-state index in [2.05, 4.69) is 0 Å². The van der Waals surface area contributed by atoms with Crippen LogP contribution < -0.4 is 4.74 Å². The van der Waals surface area contributed by atoms with Crippen LogP contribution in [0.1, 0.15) is 25.7 Å². The quantitative estimate of drug-likeness (QED) is 0.901. The van der Waals surface area contributed by atoms with E-state index in [1.54, 1.807) is 24.3 Å². The molecule has 2 heterocycles. The van der Waals surface area contributed by atoms with Gasteiger partial charge in [-0.3, -0.25) is 0 Å². The van der Waals surface area contributed by atoms with Crippen LogP contribution in [0.25, 0.3) is 0 Å². The Kier molecular flexibility index (Phi) is 5.21. The number of hydrogen-bond acceptors (Lipinski definition) is 6. The van der Waals surface area contributed by atoms with E-state index >= 15 is 0 Å². The Bertz CT molecular complexity index is 602. The van der Waals surface area contributed by atoms with Gasteiger partial charge in [0.25, 0.3) is 0 Å². The van der Waals surface area contributed by atoms with Crippen molar-refractivity contribution < 1.29 is 23.1 Å². The number of ether oxygens (including phenoxy) is 2. The minimum Gasteiger partial charge on any atom is -0.490 e. The van der Waals surface area contributed by atoms with E-state index in [0.717, 1.165) is 12.8 Å². The summed E-state index contributed by atoms with van der Waals surface area (Å²) in [5.41, 5.74) is 0. The molecule has 7 heteroatoms. The van der Waals surface area contributed by atoms with Gasteiger partial charge in [0.1, 0.15) is 11.9 Å². The van der Waals surface area contributed by atoms with E-state index in [4.69, 9.17) is 9.47 Å². The zero-order valence-electron chi connectivity index (χ0n) is 13.1. The first-order valence-corrected chi connectivity index (χ1v) is 9.62. The lowest BCUT2D eigenvalue weighted by atomic mass is 10.1. The normalized spacial score (nSPS) is 22.1. The largest absolute Gasteiger partial charge is 0.490 e. The Morgan fingerprint density at radius 1 is 1.04 bits per heavy atom. The first-order chi connectivity index (χ1) is 11.1. The standard InChI is InChI=1S/C16H23NO5S/c18-17-9-5-14(6-10-17)22-13-1-3-15(4-2-13)23(19,20)16-7-11-21-12-8-16/h1-4,14,16,18H,5-12H2. The predicted octanol–water partition coefficient (Wildman–Crippen LogP) is 1.87. The van der Waals surface area contributed by atoms with E-state index < -0.39 is 9.84 Å². The minimum atomic E-state index is -3.29. The molecule has 1 aromatic rings. The second-order valence-electron chi connectivity index (χ2n) is 6.10. The van der Waals surface area contributed by atoms with Crippen LogP contribution in [0.4, 0.5) is 0 Å². The molecule has 0 unspecified atom stereocenters. The summed E-state index contributed by atoms with van der Waals surface area (Å²) >= 11 is 0. The molecule has 0 bridgehead atoms. The van der Waals surface area contributed by atoms with Gasteiger partial charge in [-0.05, 0) is 49.9 Å². The Hall–Kier alpha value is -1.15. The van der Waals surface area contributed by atoms with Gasteiger partial charge in [-0.15, -0.1) is 0 Å². The van der Waals surface area contributed by atoms with E-state index in [1.807, 2.05) is 0 Å². The topological polar surface area (TPSA) is 76.1 Å². The van der Waals surface area contributed by atoms with Gasteiger partial charge in [-0.2, -0.15) is 5.06 Å². The highest BCUT2D eigenvalue weighted by molar-refractivity contribution is 7.92. The highest BCUT2D eigenvalue weighted by Crippen LogP contribution is 2.26. The third kappa shape index (κ3) is 4.03. The summed E-state index contributed by atoms with van der Waals surface area (Å²) < 4.78 is 36.3. The molecule has 2 saturated heterocycles. The Balaban J connectivity index is 1.64. The van der Waals surface area contributed by atoms with Crippen LogP contribution in [0.15, 0.2) is 29.2 Å². The van der Waals surface area contributed by atoms with Gasteiger partial charge in [0, 0.05) is 26.3 Å². The molecule has 2 fully saturated rings. The molecule has 2 aliphatic heterocycles. The third-order valence-electron chi connectivity index (χ3n) is 4.48.